The van der Waals surface area contributed by atoms with Crippen LogP contribution in [0.3, 0.4) is 0 Å². The van der Waals surface area contributed by atoms with Crippen LogP contribution in [0.5, 0.6) is 0 Å². The Morgan fingerprint density at radius 3 is 2.65 bits per heavy atom. The molecule has 1 aromatic heterocycles. The van der Waals surface area contributed by atoms with Crippen LogP contribution in [0.1, 0.15) is 25.7 Å². The molecule has 1 heterocycles. The molecule has 0 bridgehead atoms. The van der Waals surface area contributed by atoms with E-state index in [-0.39, 0.29) is 5.56 Å². The van der Waals surface area contributed by atoms with Crippen molar-refractivity contribution in [3.05, 3.63) is 33.7 Å². The number of anilines is 1. The Kier molecular flexibility index (Phi) is 3.96. The van der Waals surface area contributed by atoms with Crippen molar-refractivity contribution in [2.45, 2.75) is 32.2 Å². The molecule has 2 aliphatic carbocycles. The maximum Gasteiger partial charge on any atom is 0.283 e. The molecule has 1 N–H and O–H groups in total. The molecule has 3 rings (SSSR count). The van der Waals surface area contributed by atoms with Gasteiger partial charge in [0.1, 0.15) is 4.47 Å². The summed E-state index contributed by atoms with van der Waals surface area (Å²) in [5.41, 5.74) is 0.700. The zero-order valence-corrected chi connectivity index (χ0v) is 13.1. The molecule has 0 unspecified atom stereocenters. The van der Waals surface area contributed by atoms with Gasteiger partial charge < -0.3 is 5.32 Å². The molecular formula is C15H20BrN3O. The van der Waals surface area contributed by atoms with Crippen LogP contribution in [0.2, 0.25) is 0 Å². The van der Waals surface area contributed by atoms with Crippen LogP contribution < -0.4 is 10.9 Å². The first-order valence-electron chi connectivity index (χ1n) is 7.31. The van der Waals surface area contributed by atoms with Crippen molar-refractivity contribution in [2.24, 2.45) is 17.8 Å². The average Bonchev–Trinajstić information content (AvgIpc) is 3.30. The summed E-state index contributed by atoms with van der Waals surface area (Å²) >= 11 is 3.39. The Bertz CT molecular complexity index is 549. The number of hydrogen-bond acceptors (Lipinski definition) is 3. The van der Waals surface area contributed by atoms with Crippen LogP contribution >= 0.6 is 15.9 Å². The van der Waals surface area contributed by atoms with E-state index in [9.17, 15) is 4.79 Å². The van der Waals surface area contributed by atoms with E-state index in [2.05, 4.69) is 32.9 Å². The van der Waals surface area contributed by atoms with Gasteiger partial charge in [-0.2, -0.15) is 5.10 Å². The van der Waals surface area contributed by atoms with Crippen LogP contribution in [-0.4, -0.2) is 16.3 Å². The van der Waals surface area contributed by atoms with Gasteiger partial charge in [-0.05, 0) is 59.4 Å². The van der Waals surface area contributed by atoms with Crippen molar-refractivity contribution in [1.82, 2.24) is 9.78 Å². The number of allylic oxidation sites excluding steroid dienone is 1. The van der Waals surface area contributed by atoms with E-state index in [4.69, 9.17) is 0 Å². The van der Waals surface area contributed by atoms with E-state index in [1.54, 1.807) is 12.3 Å². The minimum absolute atomic E-state index is 0.107. The predicted octanol–water partition coefficient (Wildman–Crippen LogP) is 3.04. The lowest BCUT2D eigenvalue weighted by Crippen LogP contribution is -2.25. The van der Waals surface area contributed by atoms with Gasteiger partial charge >= 0.3 is 0 Å². The van der Waals surface area contributed by atoms with E-state index in [0.29, 0.717) is 11.0 Å². The fraction of sp³-hybridized carbons (Fsp3) is 0.600. The second-order valence-electron chi connectivity index (χ2n) is 5.87. The number of halogens is 1. The van der Waals surface area contributed by atoms with Crippen LogP contribution in [0, 0.1) is 17.8 Å². The average molecular weight is 338 g/mol. The molecule has 108 valence electrons. The van der Waals surface area contributed by atoms with Gasteiger partial charge in [0.25, 0.3) is 5.56 Å². The summed E-state index contributed by atoms with van der Waals surface area (Å²) in [5.74, 6) is 2.59. The Morgan fingerprint density at radius 2 is 2.10 bits per heavy atom. The van der Waals surface area contributed by atoms with E-state index >= 15 is 0 Å². The topological polar surface area (TPSA) is 46.9 Å². The van der Waals surface area contributed by atoms with Crippen molar-refractivity contribution in [2.75, 3.05) is 11.9 Å². The molecule has 0 aliphatic heterocycles. The summed E-state index contributed by atoms with van der Waals surface area (Å²) in [6, 6.07) is 0. The highest BCUT2D eigenvalue weighted by atomic mass is 79.9. The van der Waals surface area contributed by atoms with E-state index in [1.807, 2.05) is 0 Å². The van der Waals surface area contributed by atoms with Gasteiger partial charge in [0.15, 0.2) is 0 Å². The van der Waals surface area contributed by atoms with Gasteiger partial charge in [-0.3, -0.25) is 4.79 Å². The van der Waals surface area contributed by atoms with Crippen molar-refractivity contribution in [1.29, 1.82) is 0 Å². The number of hydrogen-bond donors (Lipinski definition) is 1. The number of rotatable bonds is 7. The van der Waals surface area contributed by atoms with Crippen molar-refractivity contribution in [3.8, 4) is 0 Å². The van der Waals surface area contributed by atoms with Gasteiger partial charge in [-0.25, -0.2) is 4.68 Å². The molecule has 2 aliphatic rings. The first-order chi connectivity index (χ1) is 9.70. The predicted molar refractivity (Wildman–Crippen MR) is 83.8 cm³/mol. The lowest BCUT2D eigenvalue weighted by molar-refractivity contribution is 0.428. The molecule has 0 atom stereocenters. The van der Waals surface area contributed by atoms with E-state index in [1.165, 1.54) is 30.4 Å². The van der Waals surface area contributed by atoms with E-state index < -0.39 is 0 Å². The van der Waals surface area contributed by atoms with Crippen molar-refractivity contribution in [3.63, 3.8) is 0 Å². The third-order valence-corrected chi connectivity index (χ3v) is 5.04. The molecule has 0 aromatic carbocycles. The lowest BCUT2D eigenvalue weighted by Gasteiger charge is -2.17. The first kappa shape index (κ1) is 13.9. The molecule has 0 radical (unpaired) electrons. The molecule has 0 amide bonds. The second-order valence-corrected chi connectivity index (χ2v) is 6.66. The summed E-state index contributed by atoms with van der Waals surface area (Å²) in [6.45, 7) is 5.02. The van der Waals surface area contributed by atoms with Gasteiger partial charge in [-0.1, -0.05) is 6.08 Å². The van der Waals surface area contributed by atoms with Gasteiger partial charge in [0.05, 0.1) is 18.4 Å². The van der Waals surface area contributed by atoms with Gasteiger partial charge in [-0.15, -0.1) is 6.58 Å². The molecular weight excluding hydrogens is 318 g/mol. The quantitative estimate of drug-likeness (QED) is 0.778. The monoisotopic (exact) mass is 337 g/mol. The Balaban J connectivity index is 1.69. The lowest BCUT2D eigenvalue weighted by atomic mass is 9.98. The van der Waals surface area contributed by atoms with Gasteiger partial charge in [0.2, 0.25) is 0 Å². The minimum atomic E-state index is -0.107. The smallest absolute Gasteiger partial charge is 0.283 e. The molecule has 4 nitrogen and oxygen atoms in total. The minimum Gasteiger partial charge on any atom is -0.382 e. The number of nitrogens with zero attached hydrogens (tertiary/aromatic N) is 2. The summed E-state index contributed by atoms with van der Waals surface area (Å²) in [5, 5.41) is 7.59. The Labute approximate surface area is 127 Å². The molecule has 1 aromatic rings. The third-order valence-electron chi connectivity index (χ3n) is 4.27. The maximum atomic E-state index is 12.1. The highest BCUT2D eigenvalue weighted by molar-refractivity contribution is 9.10. The van der Waals surface area contributed by atoms with Crippen LogP contribution in [-0.2, 0) is 6.54 Å². The SMILES string of the molecule is C=CCn1ncc(NCC(C2CC2)C2CC2)c(Br)c1=O. The highest BCUT2D eigenvalue weighted by Crippen LogP contribution is 2.49. The summed E-state index contributed by atoms with van der Waals surface area (Å²) in [4.78, 5) is 12.1. The molecule has 0 spiro atoms. The largest absolute Gasteiger partial charge is 0.382 e. The molecule has 5 heteroatoms. The molecule has 2 fully saturated rings. The highest BCUT2D eigenvalue weighted by Gasteiger charge is 2.41. The standard InChI is InChI=1S/C15H20BrN3O/c1-2-7-19-15(20)14(16)13(9-18-19)17-8-12(10-3-4-10)11-5-6-11/h2,9-12,17H,1,3-8H2. The van der Waals surface area contributed by atoms with Crippen molar-refractivity contribution >= 4 is 21.6 Å². The second kappa shape index (κ2) is 5.72. The Hall–Kier alpha value is -1.10. The van der Waals surface area contributed by atoms with E-state index in [0.717, 1.165) is 30.0 Å². The number of nitrogens with one attached hydrogen (secondary N) is 1. The Morgan fingerprint density at radius 1 is 1.45 bits per heavy atom. The third kappa shape index (κ3) is 2.97. The summed E-state index contributed by atoms with van der Waals surface area (Å²) < 4.78 is 1.97. The summed E-state index contributed by atoms with van der Waals surface area (Å²) in [7, 11) is 0. The normalized spacial score (nSPS) is 18.3. The fourth-order valence-corrected chi connectivity index (χ4v) is 3.28. The molecule has 20 heavy (non-hydrogen) atoms. The van der Waals surface area contributed by atoms with Gasteiger partial charge in [0, 0.05) is 6.54 Å². The van der Waals surface area contributed by atoms with Crippen LogP contribution in [0.25, 0.3) is 0 Å². The maximum absolute atomic E-state index is 12.1. The van der Waals surface area contributed by atoms with Crippen molar-refractivity contribution < 1.29 is 0 Å². The summed E-state index contributed by atoms with van der Waals surface area (Å²) in [6.07, 6.45) is 8.91. The number of aromatic nitrogens is 2. The zero-order chi connectivity index (χ0) is 14.1. The van der Waals surface area contributed by atoms with Crippen LogP contribution in [0.15, 0.2) is 28.1 Å². The van der Waals surface area contributed by atoms with Crippen LogP contribution in [0.4, 0.5) is 5.69 Å². The molecule has 0 saturated heterocycles. The molecule has 2 saturated carbocycles. The first-order valence-corrected chi connectivity index (χ1v) is 8.10. The zero-order valence-electron chi connectivity index (χ0n) is 11.5. The fourth-order valence-electron chi connectivity index (χ4n) is 2.84.